The van der Waals surface area contributed by atoms with Gasteiger partial charge in [-0.1, -0.05) is 24.3 Å². The molecular weight excluding hydrogens is 469 g/mol. The third kappa shape index (κ3) is 3.92. The maximum Gasteiger partial charge on any atom is 0.278 e. The zero-order valence-corrected chi connectivity index (χ0v) is 20.0. The van der Waals surface area contributed by atoms with E-state index in [1.54, 1.807) is 22.9 Å². The van der Waals surface area contributed by atoms with Crippen LogP contribution in [0.4, 0.5) is 10.2 Å². The fourth-order valence-electron chi connectivity index (χ4n) is 5.22. The molecule has 6 rings (SSSR count). The molecule has 1 atom stereocenters. The molecule has 2 N–H and O–H groups in total. The highest BCUT2D eigenvalue weighted by molar-refractivity contribution is 5.91. The van der Waals surface area contributed by atoms with E-state index in [9.17, 15) is 14.4 Å². The normalized spacial score (nSPS) is 15.8. The van der Waals surface area contributed by atoms with Gasteiger partial charge in [0.1, 0.15) is 34.3 Å². The van der Waals surface area contributed by atoms with Gasteiger partial charge in [0.2, 0.25) is 0 Å². The number of hydrogen-bond donors (Lipinski definition) is 1. The summed E-state index contributed by atoms with van der Waals surface area (Å²) in [6, 6.07) is 17.9. The van der Waals surface area contributed by atoms with Crippen molar-refractivity contribution in [1.82, 2.24) is 19.1 Å². The van der Waals surface area contributed by atoms with E-state index in [0.717, 1.165) is 29.3 Å². The first-order chi connectivity index (χ1) is 18.0. The van der Waals surface area contributed by atoms with Gasteiger partial charge in [0, 0.05) is 36.4 Å². The van der Waals surface area contributed by atoms with E-state index in [0.29, 0.717) is 35.7 Å². The van der Waals surface area contributed by atoms with Gasteiger partial charge < -0.3 is 10.6 Å². The Hall–Kier alpha value is -4.55. The summed E-state index contributed by atoms with van der Waals surface area (Å²) in [4.78, 5) is 25.2. The van der Waals surface area contributed by atoms with E-state index in [1.165, 1.54) is 23.0 Å². The maximum absolute atomic E-state index is 14.0. The summed E-state index contributed by atoms with van der Waals surface area (Å²) in [6.07, 6.45) is 4.94. The van der Waals surface area contributed by atoms with Crippen LogP contribution in [-0.4, -0.2) is 38.2 Å². The van der Waals surface area contributed by atoms with Crippen LogP contribution in [0.5, 0.6) is 0 Å². The van der Waals surface area contributed by atoms with E-state index in [4.69, 9.17) is 5.73 Å². The van der Waals surface area contributed by atoms with Crippen molar-refractivity contribution in [2.24, 2.45) is 5.73 Å². The van der Waals surface area contributed by atoms with E-state index in [-0.39, 0.29) is 29.5 Å². The summed E-state index contributed by atoms with van der Waals surface area (Å²) in [5.41, 5.74) is 8.15. The van der Waals surface area contributed by atoms with Gasteiger partial charge >= 0.3 is 0 Å². The number of fused-ring (bicyclic) bond motifs is 2. The zero-order chi connectivity index (χ0) is 25.5. The van der Waals surface area contributed by atoms with Crippen LogP contribution in [0.2, 0.25) is 0 Å². The molecule has 9 heteroatoms. The van der Waals surface area contributed by atoms with Crippen molar-refractivity contribution in [2.45, 2.75) is 25.4 Å². The lowest BCUT2D eigenvalue weighted by atomic mass is 10.1. The average molecular weight is 494 g/mol. The molecule has 0 spiro atoms. The minimum Gasteiger partial charge on any atom is -0.355 e. The highest BCUT2D eigenvalue weighted by Crippen LogP contribution is 2.34. The van der Waals surface area contributed by atoms with Gasteiger partial charge in [-0.2, -0.15) is 5.26 Å². The second kappa shape index (κ2) is 9.15. The Kier molecular flexibility index (Phi) is 5.66. The van der Waals surface area contributed by atoms with E-state index < -0.39 is 0 Å². The number of anilines is 1. The predicted molar refractivity (Wildman–Crippen MR) is 140 cm³/mol. The van der Waals surface area contributed by atoms with Crippen LogP contribution in [0, 0.1) is 17.1 Å². The minimum absolute atomic E-state index is 0.0537. The van der Waals surface area contributed by atoms with Gasteiger partial charge in [0.15, 0.2) is 0 Å². The highest BCUT2D eigenvalue weighted by atomic mass is 19.1. The molecule has 1 unspecified atom stereocenters. The van der Waals surface area contributed by atoms with Crippen molar-refractivity contribution < 1.29 is 4.39 Å². The van der Waals surface area contributed by atoms with Gasteiger partial charge in [-0.05, 0) is 48.6 Å². The molecule has 0 bridgehead atoms. The van der Waals surface area contributed by atoms with Crippen LogP contribution in [0.3, 0.4) is 0 Å². The van der Waals surface area contributed by atoms with Gasteiger partial charge in [0.05, 0.1) is 18.6 Å². The van der Waals surface area contributed by atoms with Gasteiger partial charge in [-0.25, -0.2) is 9.37 Å². The lowest BCUT2D eigenvalue weighted by molar-refractivity contribution is 0.501. The number of aromatic nitrogens is 4. The van der Waals surface area contributed by atoms with Gasteiger partial charge in [-0.3, -0.25) is 18.9 Å². The molecule has 184 valence electrons. The van der Waals surface area contributed by atoms with Crippen molar-refractivity contribution in [3.63, 3.8) is 0 Å². The molecule has 1 aliphatic rings. The van der Waals surface area contributed by atoms with Gasteiger partial charge in [-0.15, -0.1) is 0 Å². The minimum atomic E-state index is -0.389. The largest absolute Gasteiger partial charge is 0.355 e. The topological polar surface area (TPSA) is 106 Å². The van der Waals surface area contributed by atoms with Crippen LogP contribution in [-0.2, 0) is 6.54 Å². The van der Waals surface area contributed by atoms with E-state index in [1.807, 2.05) is 35.2 Å². The SMILES string of the molecule is N#Cc1c(N2CCCC(N)C2)n(-c2ccc(F)cc2)c2c(=O)n(Cc3nccc4ccccc34)cnc12. The molecule has 5 aromatic rings. The fraction of sp³-hybridized carbons (Fsp3) is 0.214. The number of benzene rings is 2. The third-order valence-electron chi connectivity index (χ3n) is 6.94. The van der Waals surface area contributed by atoms with E-state index >= 15 is 0 Å². The molecule has 0 amide bonds. The number of rotatable bonds is 4. The summed E-state index contributed by atoms with van der Waals surface area (Å²) in [5.74, 6) is 0.171. The summed E-state index contributed by atoms with van der Waals surface area (Å²) < 4.78 is 17.1. The lowest BCUT2D eigenvalue weighted by Crippen LogP contribution is -2.43. The molecule has 1 saturated heterocycles. The summed E-state index contributed by atoms with van der Waals surface area (Å²) >= 11 is 0. The van der Waals surface area contributed by atoms with Crippen molar-refractivity contribution >= 4 is 27.6 Å². The Balaban J connectivity index is 1.60. The molecular formula is C28H24FN7O. The van der Waals surface area contributed by atoms with E-state index in [2.05, 4.69) is 16.0 Å². The molecule has 1 aliphatic heterocycles. The average Bonchev–Trinajstić information content (AvgIpc) is 3.26. The Labute approximate surface area is 212 Å². The zero-order valence-electron chi connectivity index (χ0n) is 20.0. The van der Waals surface area contributed by atoms with Crippen molar-refractivity contribution in [3.8, 4) is 11.8 Å². The molecule has 1 fully saturated rings. The smallest absolute Gasteiger partial charge is 0.278 e. The quantitative estimate of drug-likeness (QED) is 0.409. The summed E-state index contributed by atoms with van der Waals surface area (Å²) in [5, 5.41) is 12.2. The number of piperidine rings is 1. The maximum atomic E-state index is 14.0. The van der Waals surface area contributed by atoms with Crippen molar-refractivity contribution in [3.05, 3.63) is 94.5 Å². The van der Waals surface area contributed by atoms with Crippen LogP contribution in [0.1, 0.15) is 24.1 Å². The number of nitriles is 1. The number of pyridine rings is 1. The van der Waals surface area contributed by atoms with Crippen molar-refractivity contribution in [1.29, 1.82) is 5.26 Å². The number of hydrogen-bond acceptors (Lipinski definition) is 6. The predicted octanol–water partition coefficient (Wildman–Crippen LogP) is 3.72. The number of nitrogens with two attached hydrogens (primary N) is 1. The Bertz CT molecular complexity index is 1730. The highest BCUT2D eigenvalue weighted by Gasteiger charge is 2.29. The molecule has 37 heavy (non-hydrogen) atoms. The monoisotopic (exact) mass is 493 g/mol. The van der Waals surface area contributed by atoms with Crippen LogP contribution in [0.15, 0.2) is 71.9 Å². The number of halogens is 1. The van der Waals surface area contributed by atoms with Crippen LogP contribution in [0.25, 0.3) is 27.5 Å². The molecule has 3 aromatic heterocycles. The summed E-state index contributed by atoms with van der Waals surface area (Å²) in [6.45, 7) is 1.44. The molecule has 4 heterocycles. The molecule has 0 saturated carbocycles. The molecule has 2 aromatic carbocycles. The summed E-state index contributed by atoms with van der Waals surface area (Å²) in [7, 11) is 0. The Morgan fingerprint density at radius 3 is 2.70 bits per heavy atom. The fourth-order valence-corrected chi connectivity index (χ4v) is 5.22. The second-order valence-electron chi connectivity index (χ2n) is 9.32. The second-order valence-corrected chi connectivity index (χ2v) is 9.32. The van der Waals surface area contributed by atoms with Crippen molar-refractivity contribution in [2.75, 3.05) is 18.0 Å². The first-order valence-electron chi connectivity index (χ1n) is 12.2. The first-order valence-corrected chi connectivity index (χ1v) is 12.2. The van der Waals surface area contributed by atoms with Crippen LogP contribution >= 0.6 is 0 Å². The Morgan fingerprint density at radius 1 is 1.11 bits per heavy atom. The first kappa shape index (κ1) is 22.9. The standard InChI is InChI=1S/C28H24FN7O/c29-19-7-9-21(10-8-19)36-26-25(23(14-30)27(36)34-13-3-5-20(31)15-34)33-17-35(28(26)37)16-24-22-6-2-1-4-18(22)11-12-32-24/h1-2,4,6-12,17,20H,3,5,13,15-16,31H2. The van der Waals surface area contributed by atoms with Crippen LogP contribution < -0.4 is 16.2 Å². The lowest BCUT2D eigenvalue weighted by Gasteiger charge is -2.33. The van der Waals surface area contributed by atoms with Gasteiger partial charge in [0.25, 0.3) is 5.56 Å². The number of nitrogens with zero attached hydrogens (tertiary/aromatic N) is 6. The Morgan fingerprint density at radius 2 is 1.92 bits per heavy atom. The molecule has 0 radical (unpaired) electrons. The molecule has 0 aliphatic carbocycles. The third-order valence-corrected chi connectivity index (χ3v) is 6.94. The molecule has 8 nitrogen and oxygen atoms in total.